The Morgan fingerprint density at radius 2 is 1.87 bits per heavy atom. The van der Waals surface area contributed by atoms with E-state index < -0.39 is 5.97 Å². The van der Waals surface area contributed by atoms with Crippen LogP contribution in [0.2, 0.25) is 10.0 Å². The highest BCUT2D eigenvalue weighted by Gasteiger charge is 2.26. The third-order valence-electron chi connectivity index (χ3n) is 4.67. The number of benzene rings is 2. The molecular formula is C21H24Cl2N4O3. The summed E-state index contributed by atoms with van der Waals surface area (Å²) in [6.45, 7) is 4.63. The molecule has 30 heavy (non-hydrogen) atoms. The number of ether oxygens (including phenoxy) is 2. The molecule has 1 heterocycles. The van der Waals surface area contributed by atoms with Gasteiger partial charge in [0.05, 0.1) is 30.1 Å². The summed E-state index contributed by atoms with van der Waals surface area (Å²) in [7, 11) is 1.66. The summed E-state index contributed by atoms with van der Waals surface area (Å²) in [5.41, 5.74) is 4.39. The molecule has 2 aromatic carbocycles. The van der Waals surface area contributed by atoms with E-state index in [2.05, 4.69) is 15.4 Å². The molecule has 7 nitrogen and oxygen atoms in total. The van der Waals surface area contributed by atoms with Gasteiger partial charge >= 0.3 is 5.97 Å². The Balaban J connectivity index is 1.75. The Morgan fingerprint density at radius 1 is 1.13 bits per heavy atom. The van der Waals surface area contributed by atoms with Crippen molar-refractivity contribution in [1.82, 2.24) is 4.90 Å². The molecule has 0 aromatic heterocycles. The molecule has 0 saturated carbocycles. The average Bonchev–Trinajstić information content (AvgIpc) is 2.77. The molecule has 1 aliphatic heterocycles. The SMILES string of the molecule is CCOC(=O)/C(=N/Nc1cc(Cl)ccc1Cl)N1CCN(c2ccccc2OC)CC1. The van der Waals surface area contributed by atoms with Gasteiger partial charge in [-0.05, 0) is 37.3 Å². The zero-order chi connectivity index (χ0) is 21.5. The number of halogens is 2. The summed E-state index contributed by atoms with van der Waals surface area (Å²) in [5.74, 6) is 0.531. The molecule has 1 saturated heterocycles. The fourth-order valence-corrected chi connectivity index (χ4v) is 3.52. The lowest BCUT2D eigenvalue weighted by atomic mass is 10.2. The molecule has 0 atom stereocenters. The number of carbonyl (C=O) groups excluding carboxylic acids is 1. The minimum absolute atomic E-state index is 0.201. The van der Waals surface area contributed by atoms with E-state index in [1.807, 2.05) is 29.2 Å². The van der Waals surface area contributed by atoms with Crippen molar-refractivity contribution in [3.05, 3.63) is 52.5 Å². The van der Waals surface area contributed by atoms with Crippen LogP contribution in [-0.4, -0.2) is 56.6 Å². The van der Waals surface area contributed by atoms with Gasteiger partial charge in [-0.1, -0.05) is 35.3 Å². The van der Waals surface area contributed by atoms with Crippen molar-refractivity contribution in [3.63, 3.8) is 0 Å². The van der Waals surface area contributed by atoms with E-state index in [4.69, 9.17) is 32.7 Å². The second kappa shape index (κ2) is 10.4. The van der Waals surface area contributed by atoms with E-state index in [1.54, 1.807) is 32.2 Å². The minimum atomic E-state index is -0.492. The number of methoxy groups -OCH3 is 1. The standard InChI is InChI=1S/C21H24Cl2N4O3/c1-3-30-21(28)20(25-24-17-14-15(22)8-9-16(17)23)27-12-10-26(11-13-27)18-6-4-5-7-19(18)29-2/h4-9,14,24H,3,10-13H2,1-2H3/b25-20-. The van der Waals surface area contributed by atoms with E-state index in [1.165, 1.54) is 0 Å². The molecule has 0 aliphatic carbocycles. The van der Waals surface area contributed by atoms with Crippen molar-refractivity contribution in [2.45, 2.75) is 6.92 Å². The van der Waals surface area contributed by atoms with Gasteiger partial charge in [0.15, 0.2) is 0 Å². The zero-order valence-electron chi connectivity index (χ0n) is 16.9. The Morgan fingerprint density at radius 3 is 2.57 bits per heavy atom. The first kappa shape index (κ1) is 22.1. The van der Waals surface area contributed by atoms with E-state index in [0.29, 0.717) is 41.9 Å². The van der Waals surface area contributed by atoms with Crippen LogP contribution in [-0.2, 0) is 9.53 Å². The number of hydrazone groups is 1. The quantitative estimate of drug-likeness (QED) is 0.320. The van der Waals surface area contributed by atoms with Gasteiger partial charge in [-0.2, -0.15) is 0 Å². The molecule has 2 aromatic rings. The number of carbonyl (C=O) groups is 1. The van der Waals surface area contributed by atoms with Gasteiger partial charge in [-0.15, -0.1) is 5.10 Å². The maximum atomic E-state index is 12.5. The number of anilines is 2. The highest BCUT2D eigenvalue weighted by Crippen LogP contribution is 2.29. The van der Waals surface area contributed by atoms with Gasteiger partial charge in [0, 0.05) is 31.2 Å². The van der Waals surface area contributed by atoms with Gasteiger partial charge in [0.1, 0.15) is 5.75 Å². The fourth-order valence-electron chi connectivity index (χ4n) is 3.19. The van der Waals surface area contributed by atoms with E-state index in [9.17, 15) is 4.79 Å². The van der Waals surface area contributed by atoms with Crippen LogP contribution < -0.4 is 15.1 Å². The van der Waals surface area contributed by atoms with Crippen molar-refractivity contribution < 1.29 is 14.3 Å². The van der Waals surface area contributed by atoms with Crippen LogP contribution in [0.25, 0.3) is 0 Å². The first-order valence-corrected chi connectivity index (χ1v) is 10.4. The molecule has 1 aliphatic rings. The molecule has 1 fully saturated rings. The van der Waals surface area contributed by atoms with Gasteiger partial charge in [-0.25, -0.2) is 4.79 Å². The maximum Gasteiger partial charge on any atom is 0.375 e. The average molecular weight is 451 g/mol. The van der Waals surface area contributed by atoms with E-state index in [0.717, 1.165) is 11.4 Å². The number of nitrogens with zero attached hydrogens (tertiary/aromatic N) is 3. The number of nitrogens with one attached hydrogen (secondary N) is 1. The molecule has 0 bridgehead atoms. The Kier molecular flexibility index (Phi) is 7.65. The predicted octanol–water partition coefficient (Wildman–Crippen LogP) is 4.11. The highest BCUT2D eigenvalue weighted by atomic mass is 35.5. The second-order valence-corrected chi connectivity index (χ2v) is 7.38. The van der Waals surface area contributed by atoms with Crippen LogP contribution in [0.3, 0.4) is 0 Å². The number of hydrogen-bond donors (Lipinski definition) is 1. The Bertz CT molecular complexity index is 915. The van der Waals surface area contributed by atoms with Crippen molar-refractivity contribution in [3.8, 4) is 5.75 Å². The zero-order valence-corrected chi connectivity index (χ0v) is 18.4. The smallest absolute Gasteiger partial charge is 0.375 e. The Hall–Kier alpha value is -2.64. The fraction of sp³-hybridized carbons (Fsp3) is 0.333. The first-order valence-electron chi connectivity index (χ1n) is 9.62. The summed E-state index contributed by atoms with van der Waals surface area (Å²) in [5, 5.41) is 5.27. The van der Waals surface area contributed by atoms with E-state index in [-0.39, 0.29) is 12.4 Å². The van der Waals surface area contributed by atoms with Crippen LogP contribution in [0, 0.1) is 0 Å². The summed E-state index contributed by atoms with van der Waals surface area (Å²) >= 11 is 12.2. The number of esters is 1. The summed E-state index contributed by atoms with van der Waals surface area (Å²) in [6, 6.07) is 12.9. The van der Waals surface area contributed by atoms with Gasteiger partial charge < -0.3 is 19.3 Å². The monoisotopic (exact) mass is 450 g/mol. The number of hydrogen-bond acceptors (Lipinski definition) is 6. The summed E-state index contributed by atoms with van der Waals surface area (Å²) < 4.78 is 10.7. The van der Waals surface area contributed by atoms with Crippen molar-refractivity contribution in [2.24, 2.45) is 5.10 Å². The number of rotatable bonds is 5. The van der Waals surface area contributed by atoms with Crippen molar-refractivity contribution in [2.75, 3.05) is 50.2 Å². The van der Waals surface area contributed by atoms with Crippen LogP contribution in [0.1, 0.15) is 6.92 Å². The second-order valence-electron chi connectivity index (χ2n) is 6.54. The third kappa shape index (κ3) is 5.29. The van der Waals surface area contributed by atoms with Gasteiger partial charge in [-0.3, -0.25) is 5.43 Å². The molecule has 1 N–H and O–H groups in total. The number of amidine groups is 1. The largest absolute Gasteiger partial charge is 0.495 e. The number of para-hydroxylation sites is 2. The lowest BCUT2D eigenvalue weighted by Crippen LogP contribution is -2.51. The molecule has 3 rings (SSSR count). The van der Waals surface area contributed by atoms with E-state index >= 15 is 0 Å². The minimum Gasteiger partial charge on any atom is -0.495 e. The van der Waals surface area contributed by atoms with Crippen LogP contribution in [0.5, 0.6) is 5.75 Å². The van der Waals surface area contributed by atoms with Crippen LogP contribution in [0.4, 0.5) is 11.4 Å². The van der Waals surface area contributed by atoms with Gasteiger partial charge in [0.2, 0.25) is 5.84 Å². The lowest BCUT2D eigenvalue weighted by molar-refractivity contribution is -0.135. The first-order chi connectivity index (χ1) is 14.5. The van der Waals surface area contributed by atoms with Crippen molar-refractivity contribution in [1.29, 1.82) is 0 Å². The molecule has 160 valence electrons. The Labute approximate surface area is 186 Å². The van der Waals surface area contributed by atoms with Crippen molar-refractivity contribution >= 4 is 46.4 Å². The summed E-state index contributed by atoms with van der Waals surface area (Å²) in [4.78, 5) is 16.7. The molecular weight excluding hydrogens is 427 g/mol. The lowest BCUT2D eigenvalue weighted by Gasteiger charge is -2.37. The molecule has 0 radical (unpaired) electrons. The normalized spacial score (nSPS) is 14.5. The topological polar surface area (TPSA) is 66.4 Å². The third-order valence-corrected chi connectivity index (χ3v) is 5.24. The number of piperazine rings is 1. The maximum absolute atomic E-state index is 12.5. The predicted molar refractivity (Wildman–Crippen MR) is 121 cm³/mol. The molecule has 0 spiro atoms. The molecule has 9 heteroatoms. The van der Waals surface area contributed by atoms with Crippen LogP contribution in [0.15, 0.2) is 47.6 Å². The molecule has 0 amide bonds. The highest BCUT2D eigenvalue weighted by molar-refractivity contribution is 6.36. The van der Waals surface area contributed by atoms with Crippen LogP contribution >= 0.6 is 23.2 Å². The molecule has 0 unspecified atom stereocenters. The van der Waals surface area contributed by atoms with Gasteiger partial charge in [0.25, 0.3) is 0 Å². The summed E-state index contributed by atoms with van der Waals surface area (Å²) in [6.07, 6.45) is 0.